The molecule has 1 aliphatic heterocycles. The van der Waals surface area contributed by atoms with Crippen LogP contribution in [0.4, 0.5) is 11.4 Å². The average Bonchev–Trinajstić information content (AvgIpc) is 2.77. The highest BCUT2D eigenvalue weighted by atomic mass is 32.2. The zero-order valence-electron chi connectivity index (χ0n) is 18.6. The largest absolute Gasteiger partial charge is 0.495 e. The van der Waals surface area contributed by atoms with E-state index in [0.717, 1.165) is 23.3 Å². The Bertz CT molecular complexity index is 1000. The molecule has 1 amide bonds. The first kappa shape index (κ1) is 22.9. The summed E-state index contributed by atoms with van der Waals surface area (Å²) in [6.07, 6.45) is 1.55. The van der Waals surface area contributed by atoms with Crippen molar-refractivity contribution in [2.45, 2.75) is 26.3 Å². The number of anilines is 2. The van der Waals surface area contributed by atoms with Crippen LogP contribution in [0.25, 0.3) is 0 Å². The molecule has 0 spiro atoms. The number of amides is 1. The third-order valence-corrected chi connectivity index (χ3v) is 6.80. The highest BCUT2D eigenvalue weighted by Gasteiger charge is 2.35. The third kappa shape index (κ3) is 5.12. The second-order valence-corrected chi connectivity index (χ2v) is 9.66. The summed E-state index contributed by atoms with van der Waals surface area (Å²) in [6, 6.07) is 14.3. The van der Waals surface area contributed by atoms with Crippen molar-refractivity contribution in [1.29, 1.82) is 0 Å². The quantitative estimate of drug-likeness (QED) is 0.655. The summed E-state index contributed by atoms with van der Waals surface area (Å²) in [5.41, 5.74) is 2.55. The van der Waals surface area contributed by atoms with Crippen molar-refractivity contribution in [3.63, 3.8) is 0 Å². The lowest BCUT2D eigenvalue weighted by atomic mass is 10.1. The van der Waals surface area contributed by atoms with E-state index in [1.807, 2.05) is 50.2 Å². The van der Waals surface area contributed by atoms with E-state index in [1.54, 1.807) is 24.1 Å². The van der Waals surface area contributed by atoms with E-state index in [2.05, 4.69) is 4.90 Å². The first-order chi connectivity index (χ1) is 14.8. The summed E-state index contributed by atoms with van der Waals surface area (Å²) < 4.78 is 32.0. The van der Waals surface area contributed by atoms with Crippen LogP contribution >= 0.6 is 0 Å². The van der Waals surface area contributed by atoms with Gasteiger partial charge in [-0.3, -0.25) is 9.10 Å². The van der Waals surface area contributed by atoms with Crippen LogP contribution in [-0.4, -0.2) is 64.8 Å². The van der Waals surface area contributed by atoms with Crippen LogP contribution in [0.3, 0.4) is 0 Å². The van der Waals surface area contributed by atoms with E-state index in [1.165, 1.54) is 4.31 Å². The van der Waals surface area contributed by atoms with Crippen molar-refractivity contribution >= 4 is 27.3 Å². The number of nitrogens with zero attached hydrogens (tertiary/aromatic N) is 3. The molecular formula is C23H31N3O4S. The topological polar surface area (TPSA) is 70.2 Å². The Hall–Kier alpha value is -2.74. The molecule has 2 aromatic rings. The van der Waals surface area contributed by atoms with Crippen LogP contribution in [0.5, 0.6) is 5.75 Å². The van der Waals surface area contributed by atoms with Gasteiger partial charge < -0.3 is 14.5 Å². The van der Waals surface area contributed by atoms with Crippen LogP contribution < -0.4 is 13.9 Å². The van der Waals surface area contributed by atoms with Gasteiger partial charge in [0, 0.05) is 26.2 Å². The lowest BCUT2D eigenvalue weighted by Crippen LogP contribution is -2.56. The van der Waals surface area contributed by atoms with Crippen LogP contribution in [0, 0.1) is 6.92 Å². The summed E-state index contributed by atoms with van der Waals surface area (Å²) >= 11 is 0. The minimum absolute atomic E-state index is 0.159. The van der Waals surface area contributed by atoms with Crippen LogP contribution in [-0.2, 0) is 14.8 Å². The van der Waals surface area contributed by atoms with Gasteiger partial charge >= 0.3 is 0 Å². The predicted molar refractivity (Wildman–Crippen MR) is 124 cm³/mol. The van der Waals surface area contributed by atoms with Gasteiger partial charge in [-0.25, -0.2) is 8.42 Å². The molecule has 3 rings (SSSR count). The third-order valence-electron chi connectivity index (χ3n) is 5.62. The molecule has 1 fully saturated rings. The molecule has 1 heterocycles. The molecule has 8 heteroatoms. The zero-order chi connectivity index (χ0) is 22.6. The SMILES string of the molecule is CCC(C(=O)N1CCN(c2ccccc2OC)CC1)N(c1ccc(C)cc1)S(C)(=O)=O. The van der Waals surface area contributed by atoms with Crippen molar-refractivity contribution in [3.8, 4) is 5.75 Å². The van der Waals surface area contributed by atoms with Gasteiger partial charge in [-0.1, -0.05) is 36.8 Å². The fourth-order valence-corrected chi connectivity index (χ4v) is 5.21. The molecule has 168 valence electrons. The number of aryl methyl sites for hydroxylation is 1. The van der Waals surface area contributed by atoms with E-state index < -0.39 is 16.1 Å². The number of hydrogen-bond acceptors (Lipinski definition) is 5. The summed E-state index contributed by atoms with van der Waals surface area (Å²) in [4.78, 5) is 17.4. The molecule has 0 bridgehead atoms. The van der Waals surface area contributed by atoms with E-state index in [-0.39, 0.29) is 5.91 Å². The Kier molecular flexibility index (Phi) is 7.10. The fraction of sp³-hybridized carbons (Fsp3) is 0.435. The summed E-state index contributed by atoms with van der Waals surface area (Å²) in [7, 11) is -1.98. The number of sulfonamides is 1. The van der Waals surface area contributed by atoms with Gasteiger partial charge in [0.1, 0.15) is 11.8 Å². The summed E-state index contributed by atoms with van der Waals surface area (Å²) in [6.45, 7) is 6.16. The van der Waals surface area contributed by atoms with Gasteiger partial charge in [-0.2, -0.15) is 0 Å². The number of piperazine rings is 1. The highest BCUT2D eigenvalue weighted by Crippen LogP contribution is 2.29. The maximum Gasteiger partial charge on any atom is 0.246 e. The second-order valence-electron chi connectivity index (χ2n) is 7.80. The van der Waals surface area contributed by atoms with Crippen LogP contribution in [0.2, 0.25) is 0 Å². The summed E-state index contributed by atoms with van der Waals surface area (Å²) in [5.74, 6) is 0.643. The molecule has 0 N–H and O–H groups in total. The molecule has 0 saturated carbocycles. The van der Waals surface area contributed by atoms with Gasteiger partial charge in [-0.15, -0.1) is 0 Å². The Morgan fingerprint density at radius 2 is 1.68 bits per heavy atom. The van der Waals surface area contributed by atoms with Crippen molar-refractivity contribution in [2.75, 3.05) is 48.7 Å². The Morgan fingerprint density at radius 3 is 2.23 bits per heavy atom. The number of benzene rings is 2. The Labute approximate surface area is 185 Å². The summed E-state index contributed by atoms with van der Waals surface area (Å²) in [5, 5.41) is 0. The number of para-hydroxylation sites is 2. The average molecular weight is 446 g/mol. The van der Waals surface area contributed by atoms with Gasteiger partial charge in [0.2, 0.25) is 15.9 Å². The number of methoxy groups -OCH3 is 1. The smallest absolute Gasteiger partial charge is 0.246 e. The normalized spacial score (nSPS) is 15.5. The molecule has 31 heavy (non-hydrogen) atoms. The maximum absolute atomic E-state index is 13.4. The number of ether oxygens (including phenoxy) is 1. The minimum atomic E-state index is -3.63. The molecular weight excluding hydrogens is 414 g/mol. The number of carbonyl (C=O) groups excluding carboxylic acids is 1. The molecule has 0 aliphatic carbocycles. The first-order valence-corrected chi connectivity index (χ1v) is 12.3. The van der Waals surface area contributed by atoms with Gasteiger partial charge in [0.05, 0.1) is 24.7 Å². The number of carbonyl (C=O) groups is 1. The Morgan fingerprint density at radius 1 is 1.06 bits per heavy atom. The van der Waals surface area contributed by atoms with Crippen molar-refractivity contribution in [1.82, 2.24) is 4.90 Å². The molecule has 0 aromatic heterocycles. The van der Waals surface area contributed by atoms with Gasteiger partial charge in [0.15, 0.2) is 0 Å². The number of rotatable bonds is 7. The zero-order valence-corrected chi connectivity index (χ0v) is 19.4. The lowest BCUT2D eigenvalue weighted by molar-refractivity contribution is -0.132. The molecule has 1 saturated heterocycles. The molecule has 2 aromatic carbocycles. The molecule has 1 atom stereocenters. The minimum Gasteiger partial charge on any atom is -0.495 e. The molecule has 7 nitrogen and oxygen atoms in total. The van der Waals surface area contributed by atoms with E-state index >= 15 is 0 Å². The van der Waals surface area contributed by atoms with Gasteiger partial charge in [0.25, 0.3) is 0 Å². The Balaban J connectivity index is 1.78. The standard InChI is InChI=1S/C23H31N3O4S/c1-5-20(26(31(4,28)29)19-12-10-18(2)11-13-19)23(27)25-16-14-24(15-17-25)21-8-6-7-9-22(21)30-3/h6-13,20H,5,14-17H2,1-4H3. The predicted octanol–water partition coefficient (Wildman–Crippen LogP) is 2.90. The first-order valence-electron chi connectivity index (χ1n) is 10.5. The molecule has 1 unspecified atom stereocenters. The monoisotopic (exact) mass is 445 g/mol. The van der Waals surface area contributed by atoms with Crippen LogP contribution in [0.1, 0.15) is 18.9 Å². The van der Waals surface area contributed by atoms with E-state index in [4.69, 9.17) is 4.74 Å². The van der Waals surface area contributed by atoms with Crippen molar-refractivity contribution < 1.29 is 17.9 Å². The maximum atomic E-state index is 13.4. The molecule has 0 radical (unpaired) electrons. The van der Waals surface area contributed by atoms with E-state index in [0.29, 0.717) is 38.3 Å². The molecule has 1 aliphatic rings. The fourth-order valence-electron chi connectivity index (χ4n) is 4.00. The lowest BCUT2D eigenvalue weighted by Gasteiger charge is -2.39. The highest BCUT2D eigenvalue weighted by molar-refractivity contribution is 7.92. The van der Waals surface area contributed by atoms with Gasteiger partial charge in [-0.05, 0) is 37.6 Å². The van der Waals surface area contributed by atoms with Crippen molar-refractivity contribution in [2.24, 2.45) is 0 Å². The second kappa shape index (κ2) is 9.60. The van der Waals surface area contributed by atoms with Crippen molar-refractivity contribution in [3.05, 3.63) is 54.1 Å². The van der Waals surface area contributed by atoms with E-state index in [9.17, 15) is 13.2 Å². The number of hydrogen-bond donors (Lipinski definition) is 0. The van der Waals surface area contributed by atoms with Crippen LogP contribution in [0.15, 0.2) is 48.5 Å².